The van der Waals surface area contributed by atoms with Crippen molar-refractivity contribution in [3.8, 4) is 5.69 Å². The maximum atomic E-state index is 4.14. The Bertz CT molecular complexity index is 852. The molecule has 0 bridgehead atoms. The van der Waals surface area contributed by atoms with Gasteiger partial charge < -0.3 is 4.57 Å². The van der Waals surface area contributed by atoms with Crippen LogP contribution in [-0.2, 0) is 0 Å². The van der Waals surface area contributed by atoms with Gasteiger partial charge >= 0.3 is 0 Å². The third kappa shape index (κ3) is 2.35. The van der Waals surface area contributed by atoms with Crippen molar-refractivity contribution < 1.29 is 0 Å². The van der Waals surface area contributed by atoms with Gasteiger partial charge in [-0.05, 0) is 73.4 Å². The van der Waals surface area contributed by atoms with E-state index in [1.165, 1.54) is 60.9 Å². The van der Waals surface area contributed by atoms with Crippen molar-refractivity contribution in [2.45, 2.75) is 37.6 Å². The lowest BCUT2D eigenvalue weighted by Crippen LogP contribution is -2.38. The van der Waals surface area contributed by atoms with Gasteiger partial charge in [0.1, 0.15) is 0 Å². The fourth-order valence-corrected chi connectivity index (χ4v) is 4.63. The molecule has 3 nitrogen and oxygen atoms in total. The zero-order valence-electron chi connectivity index (χ0n) is 13.9. The van der Waals surface area contributed by atoms with E-state index in [-0.39, 0.29) is 0 Å². The van der Waals surface area contributed by atoms with Crippen LogP contribution < -0.4 is 0 Å². The van der Waals surface area contributed by atoms with Gasteiger partial charge in [0.05, 0.1) is 5.52 Å². The summed E-state index contributed by atoms with van der Waals surface area (Å²) in [5, 5.41) is 1.31. The van der Waals surface area contributed by atoms with E-state index in [0.717, 1.165) is 6.04 Å². The molecule has 2 aliphatic rings. The van der Waals surface area contributed by atoms with Crippen molar-refractivity contribution in [2.24, 2.45) is 0 Å². The lowest BCUT2D eigenvalue weighted by Gasteiger charge is -2.35. The molecule has 24 heavy (non-hydrogen) atoms. The van der Waals surface area contributed by atoms with Gasteiger partial charge in [-0.15, -0.1) is 0 Å². The molecule has 0 amide bonds. The van der Waals surface area contributed by atoms with Gasteiger partial charge in [-0.2, -0.15) is 0 Å². The molecular weight excluding hydrogens is 294 g/mol. The normalized spacial score (nSPS) is 24.3. The summed E-state index contributed by atoms with van der Waals surface area (Å²) < 4.78 is 2.28. The minimum Gasteiger partial charge on any atom is -0.316 e. The Morgan fingerprint density at radius 3 is 2.79 bits per heavy atom. The fourth-order valence-electron chi connectivity index (χ4n) is 4.63. The molecule has 0 radical (unpaired) electrons. The van der Waals surface area contributed by atoms with Crippen molar-refractivity contribution in [3.63, 3.8) is 0 Å². The van der Waals surface area contributed by atoms with Crippen molar-refractivity contribution in [3.05, 3.63) is 60.6 Å². The van der Waals surface area contributed by atoms with E-state index in [2.05, 4.69) is 57.0 Å². The summed E-state index contributed by atoms with van der Waals surface area (Å²) in [6.07, 6.45) is 11.4. The number of hydrogen-bond acceptors (Lipinski definition) is 2. The molecule has 3 heteroatoms. The number of rotatable bonds is 2. The monoisotopic (exact) mass is 317 g/mol. The first-order chi connectivity index (χ1) is 11.9. The first kappa shape index (κ1) is 14.2. The van der Waals surface area contributed by atoms with Crippen LogP contribution in [0, 0.1) is 0 Å². The Morgan fingerprint density at radius 2 is 1.88 bits per heavy atom. The predicted molar refractivity (Wildman–Crippen MR) is 97.6 cm³/mol. The fraction of sp³-hybridized carbons (Fsp3) is 0.381. The number of piperidine rings is 1. The predicted octanol–water partition coefficient (Wildman–Crippen LogP) is 4.37. The summed E-state index contributed by atoms with van der Waals surface area (Å²) in [5.41, 5.74) is 3.99. The van der Waals surface area contributed by atoms with Gasteiger partial charge in [-0.3, -0.25) is 9.88 Å². The molecule has 0 saturated carbocycles. The number of aromatic nitrogens is 2. The van der Waals surface area contributed by atoms with Crippen LogP contribution >= 0.6 is 0 Å². The van der Waals surface area contributed by atoms with E-state index in [9.17, 15) is 0 Å². The average molecular weight is 317 g/mol. The van der Waals surface area contributed by atoms with Crippen molar-refractivity contribution >= 4 is 10.9 Å². The van der Waals surface area contributed by atoms with E-state index < -0.39 is 0 Å². The number of benzene rings is 1. The highest BCUT2D eigenvalue weighted by molar-refractivity contribution is 5.82. The Kier molecular flexibility index (Phi) is 3.41. The van der Waals surface area contributed by atoms with Crippen LogP contribution in [0.15, 0.2) is 55.0 Å². The van der Waals surface area contributed by atoms with Gasteiger partial charge in [0.2, 0.25) is 0 Å². The lowest BCUT2D eigenvalue weighted by molar-refractivity contribution is 0.178. The molecule has 2 aliphatic heterocycles. The second kappa shape index (κ2) is 5.75. The summed E-state index contributed by atoms with van der Waals surface area (Å²) >= 11 is 0. The van der Waals surface area contributed by atoms with Gasteiger partial charge in [-0.25, -0.2) is 0 Å². The Balaban J connectivity index is 1.51. The van der Waals surface area contributed by atoms with Crippen LogP contribution in [0.1, 0.15) is 37.2 Å². The smallest absolute Gasteiger partial charge is 0.0531 e. The van der Waals surface area contributed by atoms with E-state index in [1.807, 2.05) is 12.4 Å². The minimum atomic E-state index is 0.685. The topological polar surface area (TPSA) is 21.1 Å². The number of hydrogen-bond donors (Lipinski definition) is 0. The summed E-state index contributed by atoms with van der Waals surface area (Å²) in [7, 11) is 0. The summed E-state index contributed by atoms with van der Waals surface area (Å²) in [4.78, 5) is 6.86. The van der Waals surface area contributed by atoms with E-state index in [4.69, 9.17) is 0 Å². The molecular formula is C21H23N3. The van der Waals surface area contributed by atoms with Crippen molar-refractivity contribution in [2.75, 3.05) is 13.1 Å². The summed E-state index contributed by atoms with van der Waals surface area (Å²) in [6, 6.07) is 14.3. The van der Waals surface area contributed by atoms with Gasteiger partial charge in [0.15, 0.2) is 0 Å². The SMILES string of the molecule is c1cc(-n2ccc3ccc(C4CCC5CCCN5C4)cc32)ccn1. The second-order valence-corrected chi connectivity index (χ2v) is 7.27. The molecule has 2 atom stereocenters. The number of pyridine rings is 1. The third-order valence-corrected chi connectivity index (χ3v) is 5.93. The van der Waals surface area contributed by atoms with Crippen LogP contribution in [0.5, 0.6) is 0 Å². The van der Waals surface area contributed by atoms with Crippen LogP contribution in [0.3, 0.4) is 0 Å². The molecule has 2 aromatic heterocycles. The molecule has 3 aromatic rings. The van der Waals surface area contributed by atoms with E-state index in [1.54, 1.807) is 0 Å². The number of nitrogens with zero attached hydrogens (tertiary/aromatic N) is 3. The molecule has 2 unspecified atom stereocenters. The largest absolute Gasteiger partial charge is 0.316 e. The van der Waals surface area contributed by atoms with Crippen molar-refractivity contribution in [1.82, 2.24) is 14.5 Å². The van der Waals surface area contributed by atoms with Gasteiger partial charge in [-0.1, -0.05) is 12.1 Å². The average Bonchev–Trinajstić information content (AvgIpc) is 3.28. The van der Waals surface area contributed by atoms with Crippen LogP contribution in [-0.4, -0.2) is 33.6 Å². The van der Waals surface area contributed by atoms with E-state index in [0.29, 0.717) is 5.92 Å². The third-order valence-electron chi connectivity index (χ3n) is 5.93. The molecule has 122 valence electrons. The minimum absolute atomic E-state index is 0.685. The lowest BCUT2D eigenvalue weighted by atomic mass is 9.87. The maximum Gasteiger partial charge on any atom is 0.0531 e. The molecule has 2 fully saturated rings. The molecule has 0 spiro atoms. The summed E-state index contributed by atoms with van der Waals surface area (Å²) in [5.74, 6) is 0.685. The molecule has 0 aliphatic carbocycles. The maximum absolute atomic E-state index is 4.14. The molecule has 4 heterocycles. The zero-order chi connectivity index (χ0) is 15.9. The van der Waals surface area contributed by atoms with Gasteiger partial charge in [0, 0.05) is 36.9 Å². The van der Waals surface area contributed by atoms with Crippen LogP contribution in [0.4, 0.5) is 0 Å². The Morgan fingerprint density at radius 1 is 0.958 bits per heavy atom. The standard InChI is InChI=1S/C21H23N3/c1-2-19-6-5-18(15-23(19)12-1)17-4-3-16-9-13-24(21(16)14-17)20-7-10-22-11-8-20/h3-4,7-11,13-14,18-19H,1-2,5-6,12,15H2. The summed E-state index contributed by atoms with van der Waals surface area (Å²) in [6.45, 7) is 2.54. The first-order valence-corrected chi connectivity index (χ1v) is 9.14. The van der Waals surface area contributed by atoms with E-state index >= 15 is 0 Å². The highest BCUT2D eigenvalue weighted by Crippen LogP contribution is 2.36. The van der Waals surface area contributed by atoms with Crippen LogP contribution in [0.25, 0.3) is 16.6 Å². The Labute approximate surface area is 142 Å². The molecule has 5 rings (SSSR count). The molecule has 1 aromatic carbocycles. The Hall–Kier alpha value is -2.13. The second-order valence-electron chi connectivity index (χ2n) is 7.27. The van der Waals surface area contributed by atoms with Gasteiger partial charge in [0.25, 0.3) is 0 Å². The quantitative estimate of drug-likeness (QED) is 0.700. The first-order valence-electron chi connectivity index (χ1n) is 9.14. The highest BCUT2D eigenvalue weighted by Gasteiger charge is 2.32. The molecule has 2 saturated heterocycles. The zero-order valence-corrected chi connectivity index (χ0v) is 13.9. The van der Waals surface area contributed by atoms with Crippen LogP contribution in [0.2, 0.25) is 0 Å². The molecule has 0 N–H and O–H groups in total. The van der Waals surface area contributed by atoms with Crippen molar-refractivity contribution in [1.29, 1.82) is 0 Å². The number of fused-ring (bicyclic) bond motifs is 2. The highest BCUT2D eigenvalue weighted by atomic mass is 15.2.